The molecule has 2 heterocycles. The summed E-state index contributed by atoms with van der Waals surface area (Å²) in [5, 5.41) is 17.6. The van der Waals surface area contributed by atoms with Crippen molar-refractivity contribution in [3.63, 3.8) is 0 Å². The Bertz CT molecular complexity index is 952. The summed E-state index contributed by atoms with van der Waals surface area (Å²) < 4.78 is 19.6. The van der Waals surface area contributed by atoms with E-state index in [-0.39, 0.29) is 42.3 Å². The van der Waals surface area contributed by atoms with Crippen molar-refractivity contribution in [3.8, 4) is 5.75 Å². The molecule has 0 aliphatic carbocycles. The molecular formula is C20H25FN6O3. The van der Waals surface area contributed by atoms with Crippen molar-refractivity contribution in [2.24, 2.45) is 0 Å². The van der Waals surface area contributed by atoms with E-state index < -0.39 is 5.82 Å². The number of amides is 1. The van der Waals surface area contributed by atoms with Crippen LogP contribution in [0.3, 0.4) is 0 Å². The van der Waals surface area contributed by atoms with Crippen LogP contribution in [0.5, 0.6) is 5.75 Å². The molecule has 30 heavy (non-hydrogen) atoms. The molecule has 9 nitrogen and oxygen atoms in total. The molecule has 10 heteroatoms. The summed E-state index contributed by atoms with van der Waals surface area (Å²) in [6.07, 6.45) is 1.08. The van der Waals surface area contributed by atoms with E-state index >= 15 is 0 Å². The molecule has 1 amide bonds. The zero-order valence-electron chi connectivity index (χ0n) is 16.9. The second kappa shape index (κ2) is 9.04. The molecule has 0 radical (unpaired) electrons. The number of aliphatic hydroxyl groups is 1. The number of carbonyl (C=O) groups is 1. The predicted molar refractivity (Wildman–Crippen MR) is 110 cm³/mol. The number of rotatable bonds is 7. The summed E-state index contributed by atoms with van der Waals surface area (Å²) in [5.74, 6) is -0.191. The lowest BCUT2D eigenvalue weighted by atomic mass is 10.0. The van der Waals surface area contributed by atoms with Crippen molar-refractivity contribution in [3.05, 3.63) is 41.6 Å². The molecule has 1 saturated heterocycles. The molecule has 2 aromatic rings. The smallest absolute Gasteiger partial charge is 0.242 e. The third kappa shape index (κ3) is 4.65. The van der Waals surface area contributed by atoms with Crippen LogP contribution in [0.25, 0.3) is 0 Å². The molecule has 1 fully saturated rings. The highest BCUT2D eigenvalue weighted by Gasteiger charge is 2.25. The average molecular weight is 416 g/mol. The Morgan fingerprint density at radius 3 is 2.77 bits per heavy atom. The molecule has 0 saturated carbocycles. The largest absolute Gasteiger partial charge is 0.488 e. The van der Waals surface area contributed by atoms with Gasteiger partial charge in [-0.2, -0.15) is 0 Å². The minimum atomic E-state index is -0.597. The van der Waals surface area contributed by atoms with E-state index in [1.165, 1.54) is 12.4 Å². The van der Waals surface area contributed by atoms with Crippen LogP contribution in [0.1, 0.15) is 25.1 Å². The normalized spacial score (nSPS) is 14.4. The molecule has 0 spiro atoms. The van der Waals surface area contributed by atoms with Gasteiger partial charge in [0, 0.05) is 43.0 Å². The van der Waals surface area contributed by atoms with Crippen LogP contribution < -0.4 is 15.4 Å². The predicted octanol–water partition coefficient (Wildman–Crippen LogP) is 1.04. The van der Waals surface area contributed by atoms with Gasteiger partial charge >= 0.3 is 0 Å². The van der Waals surface area contributed by atoms with Gasteiger partial charge in [-0.3, -0.25) is 10.2 Å². The number of nitrogens with one attached hydrogen (secondary N) is 1. The highest BCUT2D eigenvalue weighted by atomic mass is 19.1. The fourth-order valence-corrected chi connectivity index (χ4v) is 3.19. The van der Waals surface area contributed by atoms with Crippen LogP contribution in [0.4, 0.5) is 15.9 Å². The maximum absolute atomic E-state index is 14.1. The van der Waals surface area contributed by atoms with Gasteiger partial charge in [0.15, 0.2) is 11.6 Å². The summed E-state index contributed by atoms with van der Waals surface area (Å²) in [7, 11) is 0. The summed E-state index contributed by atoms with van der Waals surface area (Å²) in [5.41, 5.74) is 6.62. The Labute approximate surface area is 173 Å². The fourth-order valence-electron chi connectivity index (χ4n) is 3.19. The zero-order valence-corrected chi connectivity index (χ0v) is 16.9. The molecule has 0 bridgehead atoms. The second-order valence-electron chi connectivity index (χ2n) is 7.20. The number of β-amino-alcohol motifs (C(OH)–C–C–N with tert-alkyl or cyclic N) is 1. The highest BCUT2D eigenvalue weighted by molar-refractivity contribution is 6.13. The first kappa shape index (κ1) is 21.4. The summed E-state index contributed by atoms with van der Waals surface area (Å²) >= 11 is 0. The molecular weight excluding hydrogens is 391 g/mol. The van der Waals surface area contributed by atoms with Gasteiger partial charge in [0.05, 0.1) is 30.7 Å². The number of nitrogens with two attached hydrogens (primary N) is 1. The Morgan fingerprint density at radius 2 is 2.10 bits per heavy atom. The number of ether oxygens (including phenoxy) is 1. The van der Waals surface area contributed by atoms with Crippen LogP contribution in [0.2, 0.25) is 0 Å². The van der Waals surface area contributed by atoms with E-state index in [0.717, 1.165) is 6.07 Å². The van der Waals surface area contributed by atoms with Crippen molar-refractivity contribution in [1.29, 1.82) is 5.41 Å². The standard InChI is InChI=1S/C20H25FN6O3/c1-12(2)30-17-7-13(15(22)8-14(17)21)20(23)16-9-18(25-11-24-16)27-4-3-26(5-6-28)19(29)10-27/h7-9,11-12,23,28H,3-6,10,22H2,1-2H3. The number of aromatic nitrogens is 2. The van der Waals surface area contributed by atoms with Gasteiger partial charge in [0.25, 0.3) is 0 Å². The fraction of sp³-hybridized carbons (Fsp3) is 0.400. The number of hydrogen-bond acceptors (Lipinski definition) is 8. The van der Waals surface area contributed by atoms with E-state index in [9.17, 15) is 9.18 Å². The van der Waals surface area contributed by atoms with Gasteiger partial charge in [0.1, 0.15) is 12.1 Å². The SMILES string of the molecule is CC(C)Oc1cc(C(=N)c2cc(N3CCN(CCO)C(=O)C3)ncn2)c(N)cc1F. The average Bonchev–Trinajstić information content (AvgIpc) is 2.71. The number of benzene rings is 1. The van der Waals surface area contributed by atoms with E-state index in [0.29, 0.717) is 36.7 Å². The summed E-state index contributed by atoms with van der Waals surface area (Å²) in [6.45, 7) is 4.91. The van der Waals surface area contributed by atoms with Crippen molar-refractivity contribution in [1.82, 2.24) is 14.9 Å². The second-order valence-corrected chi connectivity index (χ2v) is 7.20. The van der Waals surface area contributed by atoms with Crippen LogP contribution in [0.15, 0.2) is 24.5 Å². The van der Waals surface area contributed by atoms with E-state index in [2.05, 4.69) is 9.97 Å². The van der Waals surface area contributed by atoms with E-state index in [1.54, 1.807) is 29.7 Å². The maximum Gasteiger partial charge on any atom is 0.242 e. The number of nitrogens with zero attached hydrogens (tertiary/aromatic N) is 4. The number of nitrogen functional groups attached to an aromatic ring is 1. The summed E-state index contributed by atoms with van der Waals surface area (Å²) in [6, 6.07) is 4.12. The minimum Gasteiger partial charge on any atom is -0.488 e. The maximum atomic E-state index is 14.1. The summed E-state index contributed by atoms with van der Waals surface area (Å²) in [4.78, 5) is 24.0. The number of aliphatic hydroxyl groups excluding tert-OH is 1. The monoisotopic (exact) mass is 416 g/mol. The Hall–Kier alpha value is -3.27. The van der Waals surface area contributed by atoms with Crippen molar-refractivity contribution in [2.45, 2.75) is 20.0 Å². The van der Waals surface area contributed by atoms with Gasteiger partial charge in [-0.1, -0.05) is 0 Å². The number of halogens is 1. The lowest BCUT2D eigenvalue weighted by molar-refractivity contribution is -0.131. The van der Waals surface area contributed by atoms with Crippen LogP contribution in [-0.2, 0) is 4.79 Å². The Kier molecular flexibility index (Phi) is 6.46. The molecule has 1 aromatic heterocycles. The first-order valence-corrected chi connectivity index (χ1v) is 9.60. The number of carbonyl (C=O) groups excluding carboxylic acids is 1. The van der Waals surface area contributed by atoms with Crippen LogP contribution in [-0.4, -0.2) is 70.5 Å². The zero-order chi connectivity index (χ0) is 21.8. The molecule has 0 unspecified atom stereocenters. The topological polar surface area (TPSA) is 129 Å². The third-order valence-electron chi connectivity index (χ3n) is 4.66. The number of piperazine rings is 1. The third-order valence-corrected chi connectivity index (χ3v) is 4.66. The highest BCUT2D eigenvalue weighted by Crippen LogP contribution is 2.27. The molecule has 0 atom stereocenters. The lowest BCUT2D eigenvalue weighted by Crippen LogP contribution is -2.51. The number of hydrogen-bond donors (Lipinski definition) is 3. The van der Waals surface area contributed by atoms with Gasteiger partial charge < -0.3 is 25.4 Å². The van der Waals surface area contributed by atoms with Gasteiger partial charge in [0.2, 0.25) is 5.91 Å². The van der Waals surface area contributed by atoms with Crippen molar-refractivity contribution < 1.29 is 19.0 Å². The Morgan fingerprint density at radius 1 is 1.33 bits per heavy atom. The van der Waals surface area contributed by atoms with Gasteiger partial charge in [-0.15, -0.1) is 0 Å². The van der Waals surface area contributed by atoms with Gasteiger partial charge in [-0.25, -0.2) is 14.4 Å². The molecule has 1 aromatic carbocycles. The molecule has 1 aliphatic heterocycles. The van der Waals surface area contributed by atoms with E-state index in [1.807, 2.05) is 0 Å². The van der Waals surface area contributed by atoms with Crippen LogP contribution in [0, 0.1) is 11.2 Å². The van der Waals surface area contributed by atoms with Crippen molar-refractivity contribution in [2.75, 3.05) is 43.4 Å². The first-order chi connectivity index (χ1) is 14.3. The molecule has 1 aliphatic rings. The Balaban J connectivity index is 1.84. The first-order valence-electron chi connectivity index (χ1n) is 9.60. The van der Waals surface area contributed by atoms with E-state index in [4.69, 9.17) is 21.0 Å². The number of anilines is 2. The quantitative estimate of drug-likeness (QED) is 0.454. The minimum absolute atomic E-state index is 0.00463. The van der Waals surface area contributed by atoms with Gasteiger partial charge in [-0.05, 0) is 19.9 Å². The van der Waals surface area contributed by atoms with Crippen LogP contribution >= 0.6 is 0 Å². The molecule has 3 rings (SSSR count). The lowest BCUT2D eigenvalue weighted by Gasteiger charge is -2.34. The molecule has 160 valence electrons. The van der Waals surface area contributed by atoms with Crippen molar-refractivity contribution >= 4 is 23.1 Å². The molecule has 4 N–H and O–H groups in total.